The molecule has 0 bridgehead atoms. The summed E-state index contributed by atoms with van der Waals surface area (Å²) < 4.78 is 5.14. The summed E-state index contributed by atoms with van der Waals surface area (Å²) in [5.41, 5.74) is 0.882. The molecular weight excluding hydrogens is 246 g/mol. The number of anilines is 1. The Morgan fingerprint density at radius 1 is 1.42 bits per heavy atom. The largest absolute Gasteiger partial charge is 0.394 e. The maximum absolute atomic E-state index is 11.5. The van der Waals surface area contributed by atoms with Crippen LogP contribution in [0, 0.1) is 0 Å². The third kappa shape index (κ3) is 3.56. The van der Waals surface area contributed by atoms with Crippen LogP contribution in [0.15, 0.2) is 40.9 Å². The number of aromatic nitrogens is 1. The van der Waals surface area contributed by atoms with Crippen LogP contribution in [-0.2, 0) is 0 Å². The maximum Gasteiger partial charge on any atom is 0.320 e. The Labute approximate surface area is 110 Å². The number of rotatable bonds is 4. The van der Waals surface area contributed by atoms with Crippen molar-refractivity contribution in [1.82, 2.24) is 10.5 Å². The van der Waals surface area contributed by atoms with Gasteiger partial charge in [-0.05, 0) is 6.92 Å². The molecule has 0 saturated heterocycles. The van der Waals surface area contributed by atoms with E-state index in [0.29, 0.717) is 11.6 Å². The van der Waals surface area contributed by atoms with E-state index in [1.165, 1.54) is 0 Å². The van der Waals surface area contributed by atoms with Gasteiger partial charge in [0.05, 0.1) is 12.6 Å². The van der Waals surface area contributed by atoms with E-state index in [4.69, 9.17) is 9.63 Å². The molecule has 0 aliphatic carbocycles. The molecule has 1 aromatic carbocycles. The average molecular weight is 261 g/mol. The van der Waals surface area contributed by atoms with Gasteiger partial charge in [-0.3, -0.25) is 5.32 Å². The van der Waals surface area contributed by atoms with E-state index in [0.717, 1.165) is 5.56 Å². The van der Waals surface area contributed by atoms with Crippen LogP contribution >= 0.6 is 0 Å². The quantitative estimate of drug-likeness (QED) is 0.783. The van der Waals surface area contributed by atoms with E-state index in [-0.39, 0.29) is 12.6 Å². The van der Waals surface area contributed by atoms with Crippen molar-refractivity contribution < 1.29 is 14.4 Å². The number of amides is 2. The predicted octanol–water partition coefficient (Wildman–Crippen LogP) is 1.84. The molecule has 100 valence electrons. The minimum atomic E-state index is -0.436. The molecule has 2 amide bonds. The van der Waals surface area contributed by atoms with Gasteiger partial charge in [-0.1, -0.05) is 35.5 Å². The van der Waals surface area contributed by atoms with Crippen LogP contribution in [0.3, 0.4) is 0 Å². The molecule has 2 aromatic rings. The second-order valence-corrected chi connectivity index (χ2v) is 4.12. The third-order valence-electron chi connectivity index (χ3n) is 2.46. The summed E-state index contributed by atoms with van der Waals surface area (Å²) in [4.78, 5) is 11.5. The first-order chi connectivity index (χ1) is 9.19. The fourth-order valence-corrected chi connectivity index (χ4v) is 1.49. The molecule has 6 heteroatoms. The molecule has 6 nitrogen and oxygen atoms in total. The first-order valence-electron chi connectivity index (χ1n) is 5.89. The van der Waals surface area contributed by atoms with Crippen molar-refractivity contribution in [3.8, 4) is 11.3 Å². The molecular formula is C13H15N3O3. The number of nitrogens with one attached hydrogen (secondary N) is 2. The van der Waals surface area contributed by atoms with Gasteiger partial charge in [0.1, 0.15) is 0 Å². The van der Waals surface area contributed by atoms with Gasteiger partial charge >= 0.3 is 6.03 Å². The lowest BCUT2D eigenvalue weighted by atomic mass is 10.2. The van der Waals surface area contributed by atoms with E-state index < -0.39 is 6.03 Å². The van der Waals surface area contributed by atoms with Gasteiger partial charge in [0.2, 0.25) is 0 Å². The Kier molecular flexibility index (Phi) is 4.15. The van der Waals surface area contributed by atoms with Crippen LogP contribution in [0.1, 0.15) is 6.92 Å². The van der Waals surface area contributed by atoms with Crippen molar-refractivity contribution in [2.75, 3.05) is 11.9 Å². The van der Waals surface area contributed by atoms with Crippen molar-refractivity contribution in [3.63, 3.8) is 0 Å². The lowest BCUT2D eigenvalue weighted by Crippen LogP contribution is -2.38. The summed E-state index contributed by atoms with van der Waals surface area (Å²) in [6, 6.07) is 10.3. The number of carbonyl (C=O) groups excluding carboxylic acids is 1. The van der Waals surface area contributed by atoms with Crippen LogP contribution in [-0.4, -0.2) is 28.9 Å². The molecule has 0 fully saturated rings. The van der Waals surface area contributed by atoms with Crippen molar-refractivity contribution in [2.24, 2.45) is 0 Å². The van der Waals surface area contributed by atoms with E-state index in [1.54, 1.807) is 13.0 Å². The maximum atomic E-state index is 11.5. The Hall–Kier alpha value is -2.34. The summed E-state index contributed by atoms with van der Waals surface area (Å²) in [5.74, 6) is 0.896. The second kappa shape index (κ2) is 6.01. The summed E-state index contributed by atoms with van der Waals surface area (Å²) in [6.07, 6.45) is 0. The number of aliphatic hydroxyl groups is 1. The summed E-state index contributed by atoms with van der Waals surface area (Å²) in [5, 5.41) is 17.7. The standard InChI is InChI=1S/C13H15N3O3/c1-9(8-17)14-13(18)15-12-7-11(19-16-12)10-5-3-2-4-6-10/h2-7,9,17H,8H2,1H3,(H2,14,15,16,18)/t9-/m0/s1. The zero-order valence-corrected chi connectivity index (χ0v) is 10.5. The zero-order valence-electron chi connectivity index (χ0n) is 10.5. The second-order valence-electron chi connectivity index (χ2n) is 4.12. The normalized spacial score (nSPS) is 11.9. The number of aliphatic hydroxyl groups excluding tert-OH is 1. The van der Waals surface area contributed by atoms with Gasteiger partial charge in [-0.2, -0.15) is 0 Å². The molecule has 1 atom stereocenters. The molecule has 0 aliphatic rings. The summed E-state index contributed by atoms with van der Waals surface area (Å²) in [6.45, 7) is 1.57. The smallest absolute Gasteiger partial charge is 0.320 e. The Bertz CT molecular complexity index is 539. The monoisotopic (exact) mass is 261 g/mol. The molecule has 1 heterocycles. The highest BCUT2D eigenvalue weighted by molar-refractivity contribution is 5.88. The van der Waals surface area contributed by atoms with Gasteiger partial charge in [0, 0.05) is 11.6 Å². The fraction of sp³-hybridized carbons (Fsp3) is 0.231. The number of nitrogens with zero attached hydrogens (tertiary/aromatic N) is 1. The van der Waals surface area contributed by atoms with Gasteiger partial charge in [0.25, 0.3) is 0 Å². The average Bonchev–Trinajstić information content (AvgIpc) is 2.88. The van der Waals surface area contributed by atoms with Crippen LogP contribution in [0.2, 0.25) is 0 Å². The minimum absolute atomic E-state index is 0.124. The lowest BCUT2D eigenvalue weighted by molar-refractivity contribution is 0.229. The fourth-order valence-electron chi connectivity index (χ4n) is 1.49. The van der Waals surface area contributed by atoms with E-state index in [2.05, 4.69) is 15.8 Å². The number of benzene rings is 1. The number of carbonyl (C=O) groups is 1. The number of hydrogen-bond donors (Lipinski definition) is 3. The van der Waals surface area contributed by atoms with Gasteiger partial charge < -0.3 is 14.9 Å². The Morgan fingerprint density at radius 3 is 2.84 bits per heavy atom. The van der Waals surface area contributed by atoms with E-state index in [9.17, 15) is 4.79 Å². The zero-order chi connectivity index (χ0) is 13.7. The first-order valence-corrected chi connectivity index (χ1v) is 5.89. The van der Waals surface area contributed by atoms with Crippen LogP contribution in [0.25, 0.3) is 11.3 Å². The van der Waals surface area contributed by atoms with Crippen molar-refractivity contribution in [2.45, 2.75) is 13.0 Å². The Morgan fingerprint density at radius 2 is 2.16 bits per heavy atom. The SMILES string of the molecule is C[C@@H](CO)NC(=O)Nc1cc(-c2ccccc2)on1. The lowest BCUT2D eigenvalue weighted by Gasteiger charge is -2.09. The predicted molar refractivity (Wildman–Crippen MR) is 70.6 cm³/mol. The van der Waals surface area contributed by atoms with Gasteiger partial charge in [-0.25, -0.2) is 4.79 Å². The highest BCUT2D eigenvalue weighted by Crippen LogP contribution is 2.21. The molecule has 0 saturated carbocycles. The summed E-state index contributed by atoms with van der Waals surface area (Å²) >= 11 is 0. The number of hydrogen-bond acceptors (Lipinski definition) is 4. The van der Waals surface area contributed by atoms with Crippen LogP contribution in [0.4, 0.5) is 10.6 Å². The topological polar surface area (TPSA) is 87.4 Å². The first kappa shape index (κ1) is 13.1. The molecule has 1 aromatic heterocycles. The number of urea groups is 1. The van der Waals surface area contributed by atoms with Crippen molar-refractivity contribution >= 4 is 11.8 Å². The molecule has 19 heavy (non-hydrogen) atoms. The molecule has 0 spiro atoms. The highest BCUT2D eigenvalue weighted by Gasteiger charge is 2.10. The highest BCUT2D eigenvalue weighted by atomic mass is 16.5. The molecule has 3 N–H and O–H groups in total. The molecule has 2 rings (SSSR count). The molecule has 0 aliphatic heterocycles. The molecule has 0 radical (unpaired) electrons. The van der Waals surface area contributed by atoms with Gasteiger partial charge in [-0.15, -0.1) is 0 Å². The van der Waals surface area contributed by atoms with Crippen LogP contribution in [0.5, 0.6) is 0 Å². The van der Waals surface area contributed by atoms with E-state index >= 15 is 0 Å². The van der Waals surface area contributed by atoms with E-state index in [1.807, 2.05) is 30.3 Å². The van der Waals surface area contributed by atoms with Crippen LogP contribution < -0.4 is 10.6 Å². The van der Waals surface area contributed by atoms with Crippen molar-refractivity contribution in [3.05, 3.63) is 36.4 Å². The summed E-state index contributed by atoms with van der Waals surface area (Å²) in [7, 11) is 0. The molecule has 0 unspecified atom stereocenters. The minimum Gasteiger partial charge on any atom is -0.394 e. The van der Waals surface area contributed by atoms with Crippen molar-refractivity contribution in [1.29, 1.82) is 0 Å². The Balaban J connectivity index is 2.00. The van der Waals surface area contributed by atoms with Gasteiger partial charge in [0.15, 0.2) is 11.6 Å². The third-order valence-corrected chi connectivity index (χ3v) is 2.46.